The number of anilines is 1. The fourth-order valence-electron chi connectivity index (χ4n) is 2.42. The number of nitrogens with one attached hydrogen (secondary N) is 1. The van der Waals surface area contributed by atoms with Crippen LogP contribution in [0.25, 0.3) is 16.9 Å². The average molecular weight is 369 g/mol. The van der Waals surface area contributed by atoms with Gasteiger partial charge < -0.3 is 15.2 Å². The van der Waals surface area contributed by atoms with E-state index in [0.717, 1.165) is 5.56 Å². The lowest BCUT2D eigenvalue weighted by Gasteiger charge is -2.09. The van der Waals surface area contributed by atoms with E-state index in [1.807, 2.05) is 30.3 Å². The molecule has 26 heavy (non-hydrogen) atoms. The third-order valence-corrected chi connectivity index (χ3v) is 3.93. The molecule has 0 bridgehead atoms. The second-order valence-corrected chi connectivity index (χ2v) is 6.03. The minimum absolute atomic E-state index is 0.172. The lowest BCUT2D eigenvalue weighted by molar-refractivity contribution is -0.305. The van der Waals surface area contributed by atoms with Gasteiger partial charge in [0.1, 0.15) is 5.82 Å². The minimum Gasteiger partial charge on any atom is -0.550 e. The van der Waals surface area contributed by atoms with E-state index in [4.69, 9.17) is 11.6 Å². The van der Waals surface area contributed by atoms with Crippen LogP contribution in [0.4, 0.5) is 5.82 Å². The fraction of sp³-hybridized carbons (Fsp3) is 0.105. The SMILES string of the molecule is O=C([O-])CCC(=O)Nc1cc(-c2ccccc2)nn1-c1ccc(Cl)cc1. The summed E-state index contributed by atoms with van der Waals surface area (Å²) in [6, 6.07) is 18.3. The fourth-order valence-corrected chi connectivity index (χ4v) is 2.55. The van der Waals surface area contributed by atoms with E-state index in [1.54, 1.807) is 35.0 Å². The quantitative estimate of drug-likeness (QED) is 0.724. The molecule has 3 rings (SSSR count). The molecule has 1 aromatic heterocycles. The first-order valence-corrected chi connectivity index (χ1v) is 8.32. The molecule has 1 N–H and O–H groups in total. The highest BCUT2D eigenvalue weighted by Gasteiger charge is 2.13. The van der Waals surface area contributed by atoms with Gasteiger partial charge in [0.25, 0.3) is 0 Å². The van der Waals surface area contributed by atoms with Crippen molar-refractivity contribution in [3.05, 3.63) is 65.7 Å². The van der Waals surface area contributed by atoms with E-state index in [2.05, 4.69) is 10.4 Å². The van der Waals surface area contributed by atoms with Crippen LogP contribution in [0, 0.1) is 0 Å². The Morgan fingerprint density at radius 3 is 2.38 bits per heavy atom. The third-order valence-electron chi connectivity index (χ3n) is 3.67. The number of halogens is 1. The maximum absolute atomic E-state index is 12.0. The second-order valence-electron chi connectivity index (χ2n) is 5.59. The standard InChI is InChI=1S/C19H16ClN3O3/c20-14-6-8-15(9-7-14)23-17(21-18(24)10-11-19(25)26)12-16(22-23)13-4-2-1-3-5-13/h1-9,12H,10-11H2,(H,21,24)(H,25,26)/p-1. The van der Waals surface area contributed by atoms with Crippen LogP contribution in [-0.4, -0.2) is 21.7 Å². The molecule has 1 amide bonds. The summed E-state index contributed by atoms with van der Waals surface area (Å²) in [7, 11) is 0. The molecular formula is C19H15ClN3O3-. The van der Waals surface area contributed by atoms with Gasteiger partial charge in [0, 0.05) is 29.0 Å². The topological polar surface area (TPSA) is 87.0 Å². The summed E-state index contributed by atoms with van der Waals surface area (Å²) in [4.78, 5) is 22.6. The second kappa shape index (κ2) is 7.84. The number of hydrogen-bond acceptors (Lipinski definition) is 4. The maximum Gasteiger partial charge on any atom is 0.225 e. The number of carbonyl (C=O) groups excluding carboxylic acids is 2. The molecule has 0 aliphatic carbocycles. The third kappa shape index (κ3) is 4.29. The molecule has 0 radical (unpaired) electrons. The summed E-state index contributed by atoms with van der Waals surface area (Å²) < 4.78 is 1.58. The largest absolute Gasteiger partial charge is 0.550 e. The monoisotopic (exact) mass is 368 g/mol. The number of carboxylic acid groups (broad SMARTS) is 1. The van der Waals surface area contributed by atoms with Gasteiger partial charge in [0.05, 0.1) is 11.4 Å². The number of carbonyl (C=O) groups is 2. The van der Waals surface area contributed by atoms with Gasteiger partial charge in [0.2, 0.25) is 5.91 Å². The number of amides is 1. The summed E-state index contributed by atoms with van der Waals surface area (Å²) >= 11 is 5.93. The van der Waals surface area contributed by atoms with Crippen molar-refractivity contribution in [2.45, 2.75) is 12.8 Å². The van der Waals surface area contributed by atoms with Gasteiger partial charge in [-0.15, -0.1) is 0 Å². The van der Waals surface area contributed by atoms with Crippen LogP contribution in [0.15, 0.2) is 60.7 Å². The van der Waals surface area contributed by atoms with Crippen LogP contribution in [-0.2, 0) is 9.59 Å². The van der Waals surface area contributed by atoms with E-state index in [9.17, 15) is 14.7 Å². The number of aromatic nitrogens is 2. The van der Waals surface area contributed by atoms with Crippen LogP contribution in [0.5, 0.6) is 0 Å². The molecule has 1 heterocycles. The molecule has 0 aliphatic heterocycles. The number of benzene rings is 2. The summed E-state index contributed by atoms with van der Waals surface area (Å²) in [5, 5.41) is 18.4. The predicted octanol–water partition coefficient (Wildman–Crippen LogP) is 2.66. The number of hydrogen-bond donors (Lipinski definition) is 1. The Morgan fingerprint density at radius 2 is 1.73 bits per heavy atom. The molecule has 6 nitrogen and oxygen atoms in total. The lowest BCUT2D eigenvalue weighted by atomic mass is 10.1. The Hall–Kier alpha value is -3.12. The molecule has 0 aliphatic rings. The Balaban J connectivity index is 1.95. The first-order chi connectivity index (χ1) is 12.5. The van der Waals surface area contributed by atoms with Crippen molar-refractivity contribution < 1.29 is 14.7 Å². The Kier molecular flexibility index (Phi) is 5.34. The molecular weight excluding hydrogens is 354 g/mol. The van der Waals surface area contributed by atoms with E-state index in [-0.39, 0.29) is 12.8 Å². The van der Waals surface area contributed by atoms with Crippen LogP contribution < -0.4 is 10.4 Å². The summed E-state index contributed by atoms with van der Waals surface area (Å²) in [5.74, 6) is -1.25. The highest BCUT2D eigenvalue weighted by Crippen LogP contribution is 2.25. The molecule has 0 unspecified atom stereocenters. The van der Waals surface area contributed by atoms with Crippen molar-refractivity contribution >= 4 is 29.3 Å². The number of nitrogens with zero attached hydrogens (tertiary/aromatic N) is 2. The van der Waals surface area contributed by atoms with Gasteiger partial charge in [-0.05, 0) is 30.7 Å². The smallest absolute Gasteiger partial charge is 0.225 e. The van der Waals surface area contributed by atoms with Crippen molar-refractivity contribution in [3.8, 4) is 16.9 Å². The zero-order valence-electron chi connectivity index (χ0n) is 13.7. The summed E-state index contributed by atoms with van der Waals surface area (Å²) in [6.45, 7) is 0. The van der Waals surface area contributed by atoms with E-state index in [1.165, 1.54) is 0 Å². The molecule has 132 valence electrons. The van der Waals surface area contributed by atoms with Crippen molar-refractivity contribution in [1.82, 2.24) is 9.78 Å². The number of carboxylic acids is 1. The summed E-state index contributed by atoms with van der Waals surface area (Å²) in [5.41, 5.74) is 2.29. The van der Waals surface area contributed by atoms with Gasteiger partial charge in [-0.1, -0.05) is 41.9 Å². The number of rotatable bonds is 6. The average Bonchev–Trinajstić information content (AvgIpc) is 3.05. The van der Waals surface area contributed by atoms with Crippen molar-refractivity contribution in [3.63, 3.8) is 0 Å². The van der Waals surface area contributed by atoms with E-state index < -0.39 is 11.9 Å². The van der Waals surface area contributed by atoms with Gasteiger partial charge in [-0.3, -0.25) is 4.79 Å². The highest BCUT2D eigenvalue weighted by atomic mass is 35.5. The van der Waals surface area contributed by atoms with Crippen molar-refractivity contribution in [1.29, 1.82) is 0 Å². The predicted molar refractivity (Wildman–Crippen MR) is 96.9 cm³/mol. The maximum atomic E-state index is 12.0. The van der Waals surface area contributed by atoms with Crippen molar-refractivity contribution in [2.24, 2.45) is 0 Å². The first kappa shape index (κ1) is 17.7. The van der Waals surface area contributed by atoms with Gasteiger partial charge in [-0.25, -0.2) is 4.68 Å². The van der Waals surface area contributed by atoms with Gasteiger partial charge >= 0.3 is 0 Å². The Bertz CT molecular complexity index is 921. The van der Waals surface area contributed by atoms with Crippen LogP contribution in [0.1, 0.15) is 12.8 Å². The lowest BCUT2D eigenvalue weighted by Crippen LogP contribution is -2.24. The molecule has 3 aromatic rings. The van der Waals surface area contributed by atoms with Gasteiger partial charge in [-0.2, -0.15) is 5.10 Å². The Labute approximate surface area is 155 Å². The molecule has 0 spiro atoms. The molecule has 0 saturated carbocycles. The van der Waals surface area contributed by atoms with Crippen molar-refractivity contribution in [2.75, 3.05) is 5.32 Å². The minimum atomic E-state index is -1.27. The van der Waals surface area contributed by atoms with Crippen LogP contribution in [0.3, 0.4) is 0 Å². The molecule has 2 aromatic carbocycles. The number of aliphatic carboxylic acids is 1. The zero-order valence-corrected chi connectivity index (χ0v) is 14.4. The highest BCUT2D eigenvalue weighted by molar-refractivity contribution is 6.30. The Morgan fingerprint density at radius 1 is 1.04 bits per heavy atom. The molecule has 0 fully saturated rings. The zero-order chi connectivity index (χ0) is 18.5. The van der Waals surface area contributed by atoms with E-state index in [0.29, 0.717) is 22.2 Å². The molecule has 0 saturated heterocycles. The molecule has 7 heteroatoms. The normalized spacial score (nSPS) is 10.5. The first-order valence-electron chi connectivity index (χ1n) is 7.94. The van der Waals surface area contributed by atoms with Crippen LogP contribution in [0.2, 0.25) is 5.02 Å². The van der Waals surface area contributed by atoms with E-state index >= 15 is 0 Å². The molecule has 0 atom stereocenters. The van der Waals surface area contributed by atoms with Crippen LogP contribution >= 0.6 is 11.6 Å². The summed E-state index contributed by atoms with van der Waals surface area (Å²) in [6.07, 6.45) is -0.513. The van der Waals surface area contributed by atoms with Gasteiger partial charge in [0.15, 0.2) is 0 Å².